The smallest absolute Gasteiger partial charge is 0.0562 e. The van der Waals surface area contributed by atoms with Crippen LogP contribution in [0.5, 0.6) is 0 Å². The van der Waals surface area contributed by atoms with Gasteiger partial charge in [0.15, 0.2) is 0 Å². The van der Waals surface area contributed by atoms with E-state index in [0.29, 0.717) is 0 Å². The maximum Gasteiger partial charge on any atom is 0.0562 e. The average molecular weight is 823 g/mol. The normalized spacial score (nSPS) is 12.1. The van der Waals surface area contributed by atoms with Crippen LogP contribution >= 0.6 is 10.0 Å². The minimum atomic E-state index is -1.89. The first-order chi connectivity index (χ1) is 31.3. The van der Waals surface area contributed by atoms with Crippen molar-refractivity contribution in [3.8, 4) is 33.6 Å². The Bertz CT molecular complexity index is 3510. The van der Waals surface area contributed by atoms with Gasteiger partial charge in [-0.2, -0.15) is 0 Å². The van der Waals surface area contributed by atoms with E-state index in [2.05, 4.69) is 264 Å². The zero-order valence-corrected chi connectivity index (χ0v) is 35.4. The highest BCUT2D eigenvalue weighted by atomic mass is 32.3. The van der Waals surface area contributed by atoms with Gasteiger partial charge in [-0.15, -0.1) is 10.0 Å². The van der Waals surface area contributed by atoms with E-state index in [9.17, 15) is 0 Å². The Kier molecular flexibility index (Phi) is 8.95. The maximum atomic E-state index is 2.50. The number of rotatable bonds is 8. The number of fused-ring (bicyclic) bond motifs is 6. The fraction of sp³-hybridized carbons (Fsp3) is 0. The zero-order chi connectivity index (χ0) is 41.7. The molecule has 0 fully saturated rings. The standard InChI is InChI=1S/C60H42N2S/c1-5-22-43(23-6-1)49-32-13-14-33-50(49)51-36-20-39-56-59(51)52-34-15-18-38-55(52)62(56)58-41-21-40-57-60(58)53-35-16-17-37-54(53)61(57)44-24-19-31-48(42-44)63(45-25-7-2-8-26-45,46-27-9-3-10-28-46)47-29-11-4-12-30-47/h1-42H. The van der Waals surface area contributed by atoms with Crippen LogP contribution in [0.2, 0.25) is 0 Å². The van der Waals surface area contributed by atoms with Crippen molar-refractivity contribution in [2.75, 3.05) is 0 Å². The molecule has 10 aromatic carbocycles. The maximum absolute atomic E-state index is 2.50. The van der Waals surface area contributed by atoms with Crippen molar-refractivity contribution in [1.82, 2.24) is 9.13 Å². The number of hydrogen-bond donors (Lipinski definition) is 0. The molecule has 2 heterocycles. The van der Waals surface area contributed by atoms with E-state index in [1.165, 1.54) is 85.4 Å². The van der Waals surface area contributed by atoms with Gasteiger partial charge < -0.3 is 9.13 Å². The number of aromatic nitrogens is 2. The average Bonchev–Trinajstić information content (AvgIpc) is 3.89. The molecule has 0 spiro atoms. The van der Waals surface area contributed by atoms with Gasteiger partial charge in [-0.05, 0) is 107 Å². The molecular weight excluding hydrogens is 781 g/mol. The lowest BCUT2D eigenvalue weighted by Crippen LogP contribution is -2.06. The van der Waals surface area contributed by atoms with Crippen LogP contribution in [-0.4, -0.2) is 9.13 Å². The minimum Gasteiger partial charge on any atom is -0.309 e. The zero-order valence-electron chi connectivity index (χ0n) is 34.6. The second-order valence-electron chi connectivity index (χ2n) is 16.0. The summed E-state index contributed by atoms with van der Waals surface area (Å²) in [6, 6.07) is 93.8. The highest BCUT2D eigenvalue weighted by Crippen LogP contribution is 2.73. The first-order valence-corrected chi connectivity index (χ1v) is 23.2. The molecule has 2 nitrogen and oxygen atoms in total. The summed E-state index contributed by atoms with van der Waals surface area (Å²) in [5.41, 5.74) is 11.9. The SMILES string of the molecule is c1ccc(-c2ccccc2-c2cccc3c2c2ccccc2n3-c2cccc3c2c2ccccc2n3-c2cccc(S(c3ccccc3)(c3ccccc3)c3ccccc3)c2)cc1. The van der Waals surface area contributed by atoms with Crippen LogP contribution in [0.25, 0.3) is 77.2 Å². The second-order valence-corrected chi connectivity index (χ2v) is 19.1. The van der Waals surface area contributed by atoms with Gasteiger partial charge in [0.1, 0.15) is 0 Å². The first kappa shape index (κ1) is 37.0. The molecule has 12 aromatic rings. The van der Waals surface area contributed by atoms with E-state index in [0.717, 1.165) is 11.4 Å². The molecule has 0 radical (unpaired) electrons. The van der Waals surface area contributed by atoms with Gasteiger partial charge in [-0.1, -0.05) is 170 Å². The third-order valence-corrected chi connectivity index (χ3v) is 16.5. The number of benzene rings is 10. The van der Waals surface area contributed by atoms with Crippen molar-refractivity contribution in [3.05, 3.63) is 255 Å². The summed E-state index contributed by atoms with van der Waals surface area (Å²) in [5.74, 6) is 0. The molecular formula is C60H42N2S. The lowest BCUT2D eigenvalue weighted by molar-refractivity contribution is 1.14. The van der Waals surface area contributed by atoms with Gasteiger partial charge in [0.25, 0.3) is 0 Å². The van der Waals surface area contributed by atoms with Gasteiger partial charge in [-0.25, -0.2) is 0 Å². The summed E-state index contributed by atoms with van der Waals surface area (Å²) in [4.78, 5) is 5.21. The van der Waals surface area contributed by atoms with Crippen LogP contribution in [0.3, 0.4) is 0 Å². The quantitative estimate of drug-likeness (QED) is 0.144. The van der Waals surface area contributed by atoms with Crippen LogP contribution in [0.15, 0.2) is 274 Å². The van der Waals surface area contributed by atoms with Crippen LogP contribution in [0.1, 0.15) is 0 Å². The van der Waals surface area contributed by atoms with Crippen molar-refractivity contribution >= 4 is 53.6 Å². The fourth-order valence-corrected chi connectivity index (χ4v) is 14.0. The third kappa shape index (κ3) is 5.81. The number of hydrogen-bond acceptors (Lipinski definition) is 0. The van der Waals surface area contributed by atoms with Gasteiger partial charge in [0.2, 0.25) is 0 Å². The fourth-order valence-electron chi connectivity index (χ4n) is 10.1. The van der Waals surface area contributed by atoms with Crippen molar-refractivity contribution in [2.45, 2.75) is 19.6 Å². The first-order valence-electron chi connectivity index (χ1n) is 21.6. The molecule has 0 unspecified atom stereocenters. The summed E-state index contributed by atoms with van der Waals surface area (Å²) < 4.78 is 4.99. The van der Waals surface area contributed by atoms with Gasteiger partial charge in [0, 0.05) is 46.8 Å². The Labute approximate surface area is 368 Å². The van der Waals surface area contributed by atoms with Crippen molar-refractivity contribution in [1.29, 1.82) is 0 Å². The van der Waals surface area contributed by atoms with Crippen LogP contribution in [0, 0.1) is 0 Å². The Morgan fingerprint density at radius 2 is 0.698 bits per heavy atom. The Balaban J connectivity index is 1.12. The lowest BCUT2D eigenvalue weighted by atomic mass is 9.92. The number of nitrogens with zero attached hydrogens (tertiary/aromatic N) is 2. The molecule has 3 heteroatoms. The van der Waals surface area contributed by atoms with Crippen LogP contribution in [-0.2, 0) is 0 Å². The van der Waals surface area contributed by atoms with Crippen molar-refractivity contribution in [3.63, 3.8) is 0 Å². The van der Waals surface area contributed by atoms with E-state index in [1.54, 1.807) is 0 Å². The summed E-state index contributed by atoms with van der Waals surface area (Å²) in [6.45, 7) is 0. The molecule has 12 rings (SSSR count). The molecule has 0 aliphatic carbocycles. The van der Waals surface area contributed by atoms with E-state index in [1.807, 2.05) is 0 Å². The summed E-state index contributed by atoms with van der Waals surface area (Å²) >= 11 is 0. The Hall–Kier alpha value is -7.85. The Morgan fingerprint density at radius 3 is 1.33 bits per heavy atom. The van der Waals surface area contributed by atoms with Gasteiger partial charge in [0.05, 0.1) is 27.8 Å². The molecule has 2 aromatic heterocycles. The topological polar surface area (TPSA) is 9.86 Å². The monoisotopic (exact) mass is 822 g/mol. The van der Waals surface area contributed by atoms with E-state index >= 15 is 0 Å². The molecule has 0 aliphatic rings. The predicted molar refractivity (Wildman–Crippen MR) is 266 cm³/mol. The number of para-hydroxylation sites is 2. The summed E-state index contributed by atoms with van der Waals surface area (Å²) in [6.07, 6.45) is 0. The highest BCUT2D eigenvalue weighted by Gasteiger charge is 2.33. The molecule has 298 valence electrons. The second kappa shape index (κ2) is 15.3. The Morgan fingerprint density at radius 1 is 0.270 bits per heavy atom. The lowest BCUT2D eigenvalue weighted by Gasteiger charge is -2.42. The molecule has 0 aliphatic heterocycles. The van der Waals surface area contributed by atoms with Crippen LogP contribution in [0.4, 0.5) is 0 Å². The highest BCUT2D eigenvalue weighted by molar-refractivity contribution is 8.34. The predicted octanol–water partition coefficient (Wildman–Crippen LogP) is 16.6. The minimum absolute atomic E-state index is 1.14. The molecule has 0 saturated carbocycles. The van der Waals surface area contributed by atoms with Crippen molar-refractivity contribution < 1.29 is 0 Å². The largest absolute Gasteiger partial charge is 0.309 e. The summed E-state index contributed by atoms with van der Waals surface area (Å²) in [5, 5.41) is 4.94. The van der Waals surface area contributed by atoms with Crippen LogP contribution < -0.4 is 0 Å². The molecule has 0 bridgehead atoms. The molecule has 0 atom stereocenters. The van der Waals surface area contributed by atoms with E-state index in [-0.39, 0.29) is 0 Å². The van der Waals surface area contributed by atoms with Crippen molar-refractivity contribution in [2.24, 2.45) is 0 Å². The molecule has 0 amide bonds. The van der Waals surface area contributed by atoms with Gasteiger partial charge >= 0.3 is 0 Å². The van der Waals surface area contributed by atoms with Gasteiger partial charge in [-0.3, -0.25) is 0 Å². The summed E-state index contributed by atoms with van der Waals surface area (Å²) in [7, 11) is -1.89. The molecule has 63 heavy (non-hydrogen) atoms. The molecule has 0 N–H and O–H groups in total. The molecule has 0 saturated heterocycles. The third-order valence-electron chi connectivity index (χ3n) is 12.6. The van der Waals surface area contributed by atoms with E-state index in [4.69, 9.17) is 0 Å². The van der Waals surface area contributed by atoms with E-state index < -0.39 is 10.0 Å².